The fraction of sp³-hybridized carbons (Fsp3) is 0.0526. The SMILES string of the molecule is O=C(NCc1ccc2c3c(cccc13)C(=O)N2)c1ccc(Br)cc1. The van der Waals surface area contributed by atoms with Gasteiger partial charge in [0.15, 0.2) is 0 Å². The molecule has 0 aliphatic carbocycles. The van der Waals surface area contributed by atoms with E-state index in [1.165, 1.54) is 0 Å². The van der Waals surface area contributed by atoms with Gasteiger partial charge in [0.1, 0.15) is 0 Å². The number of benzene rings is 3. The lowest BCUT2D eigenvalue weighted by molar-refractivity contribution is 0.0950. The third kappa shape index (κ3) is 2.47. The highest BCUT2D eigenvalue weighted by Crippen LogP contribution is 2.34. The predicted octanol–water partition coefficient (Wildman–Crippen LogP) is 4.10. The van der Waals surface area contributed by atoms with Gasteiger partial charge >= 0.3 is 0 Å². The van der Waals surface area contributed by atoms with E-state index in [1.54, 1.807) is 12.1 Å². The highest BCUT2D eigenvalue weighted by Gasteiger charge is 2.22. The topological polar surface area (TPSA) is 58.2 Å². The number of rotatable bonds is 3. The van der Waals surface area contributed by atoms with E-state index in [0.717, 1.165) is 26.5 Å². The molecule has 2 N–H and O–H groups in total. The molecule has 4 nitrogen and oxygen atoms in total. The molecule has 0 unspecified atom stereocenters. The molecule has 0 bridgehead atoms. The van der Waals surface area contributed by atoms with Gasteiger partial charge in [0.25, 0.3) is 11.8 Å². The van der Waals surface area contributed by atoms with Crippen molar-refractivity contribution in [2.45, 2.75) is 6.54 Å². The normalized spacial score (nSPS) is 12.3. The Morgan fingerprint density at radius 2 is 1.83 bits per heavy atom. The molecular weight excluding hydrogens is 368 g/mol. The average Bonchev–Trinajstić information content (AvgIpc) is 2.92. The molecule has 0 spiro atoms. The fourth-order valence-corrected chi connectivity index (χ4v) is 3.25. The Balaban J connectivity index is 1.62. The van der Waals surface area contributed by atoms with Gasteiger partial charge in [-0.1, -0.05) is 34.1 Å². The van der Waals surface area contributed by atoms with Crippen molar-refractivity contribution in [3.63, 3.8) is 0 Å². The number of carbonyl (C=O) groups excluding carboxylic acids is 2. The molecule has 0 radical (unpaired) electrons. The second-order valence-corrected chi connectivity index (χ2v) is 6.56. The number of nitrogens with one attached hydrogen (secondary N) is 2. The molecule has 0 fully saturated rings. The highest BCUT2D eigenvalue weighted by molar-refractivity contribution is 9.10. The van der Waals surface area contributed by atoms with Gasteiger partial charge in [0.05, 0.1) is 0 Å². The first-order valence-corrected chi connectivity index (χ1v) is 8.32. The Kier molecular flexibility index (Phi) is 3.58. The van der Waals surface area contributed by atoms with Crippen molar-refractivity contribution in [2.24, 2.45) is 0 Å². The molecule has 1 aliphatic rings. The van der Waals surface area contributed by atoms with Crippen molar-refractivity contribution in [1.29, 1.82) is 0 Å². The first-order valence-electron chi connectivity index (χ1n) is 7.53. The van der Waals surface area contributed by atoms with Gasteiger partial charge < -0.3 is 10.6 Å². The van der Waals surface area contributed by atoms with Crippen LogP contribution < -0.4 is 10.6 Å². The van der Waals surface area contributed by atoms with E-state index < -0.39 is 0 Å². The van der Waals surface area contributed by atoms with Crippen molar-refractivity contribution < 1.29 is 9.59 Å². The zero-order valence-corrected chi connectivity index (χ0v) is 14.2. The molecule has 0 atom stereocenters. The number of halogens is 1. The van der Waals surface area contributed by atoms with Crippen LogP contribution in [-0.4, -0.2) is 11.8 Å². The molecule has 3 aromatic rings. The summed E-state index contributed by atoms with van der Waals surface area (Å²) >= 11 is 3.36. The minimum absolute atomic E-state index is 0.0772. The van der Waals surface area contributed by atoms with Crippen molar-refractivity contribution in [3.8, 4) is 0 Å². The van der Waals surface area contributed by atoms with Crippen LogP contribution in [0.25, 0.3) is 10.8 Å². The van der Waals surface area contributed by atoms with Crippen molar-refractivity contribution in [1.82, 2.24) is 5.32 Å². The summed E-state index contributed by atoms with van der Waals surface area (Å²) in [6.45, 7) is 0.406. The second kappa shape index (κ2) is 5.76. The molecule has 1 aliphatic heterocycles. The van der Waals surface area contributed by atoms with Crippen molar-refractivity contribution in [2.75, 3.05) is 5.32 Å². The summed E-state index contributed by atoms with van der Waals surface area (Å²) in [4.78, 5) is 24.2. The van der Waals surface area contributed by atoms with Crippen LogP contribution in [0.4, 0.5) is 5.69 Å². The molecule has 4 rings (SSSR count). The van der Waals surface area contributed by atoms with Crippen LogP contribution in [-0.2, 0) is 6.54 Å². The summed E-state index contributed by atoms with van der Waals surface area (Å²) in [6.07, 6.45) is 0. The molecule has 2 amide bonds. The van der Waals surface area contributed by atoms with Crippen LogP contribution in [0.5, 0.6) is 0 Å². The number of anilines is 1. The second-order valence-electron chi connectivity index (χ2n) is 5.64. The molecule has 0 saturated carbocycles. The van der Waals surface area contributed by atoms with E-state index in [2.05, 4.69) is 26.6 Å². The zero-order valence-electron chi connectivity index (χ0n) is 12.6. The lowest BCUT2D eigenvalue weighted by atomic mass is 10.0. The van der Waals surface area contributed by atoms with Gasteiger partial charge in [-0.15, -0.1) is 0 Å². The minimum atomic E-state index is -0.125. The van der Waals surface area contributed by atoms with Crippen LogP contribution in [0.2, 0.25) is 0 Å². The fourth-order valence-electron chi connectivity index (χ4n) is 2.98. The minimum Gasteiger partial charge on any atom is -0.348 e. The van der Waals surface area contributed by atoms with E-state index in [9.17, 15) is 9.59 Å². The van der Waals surface area contributed by atoms with E-state index >= 15 is 0 Å². The van der Waals surface area contributed by atoms with Crippen molar-refractivity contribution >= 4 is 44.2 Å². The summed E-state index contributed by atoms with van der Waals surface area (Å²) in [5.74, 6) is -0.202. The lowest BCUT2D eigenvalue weighted by Crippen LogP contribution is -2.22. The van der Waals surface area contributed by atoms with Gasteiger partial charge in [0, 0.05) is 33.2 Å². The van der Waals surface area contributed by atoms with Gasteiger partial charge in [0.2, 0.25) is 0 Å². The van der Waals surface area contributed by atoms with Crippen LogP contribution in [0, 0.1) is 0 Å². The smallest absolute Gasteiger partial charge is 0.256 e. The zero-order chi connectivity index (χ0) is 16.7. The Bertz CT molecular complexity index is 981. The molecule has 24 heavy (non-hydrogen) atoms. The van der Waals surface area contributed by atoms with E-state index in [4.69, 9.17) is 0 Å². The average molecular weight is 381 g/mol. The number of amides is 2. The van der Waals surface area contributed by atoms with E-state index in [-0.39, 0.29) is 11.8 Å². The number of carbonyl (C=O) groups is 2. The standard InChI is InChI=1S/C19H13BrN2O2/c20-13-7-4-11(5-8-13)18(23)21-10-12-6-9-16-17-14(12)2-1-3-15(17)19(24)22-16/h1-9H,10H2,(H,21,23)(H,22,24). The summed E-state index contributed by atoms with van der Waals surface area (Å²) in [5.41, 5.74) is 3.11. The van der Waals surface area contributed by atoms with Crippen LogP contribution in [0.3, 0.4) is 0 Å². The summed E-state index contributed by atoms with van der Waals surface area (Å²) in [7, 11) is 0. The predicted molar refractivity (Wildman–Crippen MR) is 97.2 cm³/mol. The Morgan fingerprint density at radius 1 is 1.04 bits per heavy atom. The summed E-state index contributed by atoms with van der Waals surface area (Å²) < 4.78 is 0.934. The lowest BCUT2D eigenvalue weighted by Gasteiger charge is -2.10. The third-order valence-corrected chi connectivity index (χ3v) is 4.70. The first-order chi connectivity index (χ1) is 11.6. The summed E-state index contributed by atoms with van der Waals surface area (Å²) in [6, 6.07) is 16.7. The molecule has 1 heterocycles. The Hall–Kier alpha value is -2.66. The van der Waals surface area contributed by atoms with E-state index in [0.29, 0.717) is 17.7 Å². The van der Waals surface area contributed by atoms with Crippen LogP contribution in [0.15, 0.2) is 59.1 Å². The number of hydrogen-bond donors (Lipinski definition) is 2. The quantitative estimate of drug-likeness (QED) is 0.718. The molecule has 0 aromatic heterocycles. The third-order valence-electron chi connectivity index (χ3n) is 4.17. The maximum Gasteiger partial charge on any atom is 0.256 e. The molecular formula is C19H13BrN2O2. The van der Waals surface area contributed by atoms with E-state index in [1.807, 2.05) is 42.5 Å². The Morgan fingerprint density at radius 3 is 2.62 bits per heavy atom. The highest BCUT2D eigenvalue weighted by atomic mass is 79.9. The van der Waals surface area contributed by atoms with Crippen LogP contribution in [0.1, 0.15) is 26.3 Å². The summed E-state index contributed by atoms with van der Waals surface area (Å²) in [5, 5.41) is 7.72. The maximum atomic E-state index is 12.3. The van der Waals surface area contributed by atoms with Crippen LogP contribution >= 0.6 is 15.9 Å². The largest absolute Gasteiger partial charge is 0.348 e. The monoisotopic (exact) mass is 380 g/mol. The van der Waals surface area contributed by atoms with Gasteiger partial charge in [-0.2, -0.15) is 0 Å². The maximum absolute atomic E-state index is 12.3. The van der Waals surface area contributed by atoms with Crippen molar-refractivity contribution in [3.05, 3.63) is 75.8 Å². The molecule has 118 valence electrons. The molecule has 5 heteroatoms. The van der Waals surface area contributed by atoms with Gasteiger partial charge in [-0.05, 0) is 47.3 Å². The molecule has 3 aromatic carbocycles. The van der Waals surface area contributed by atoms with Gasteiger partial charge in [-0.3, -0.25) is 9.59 Å². The first kappa shape index (κ1) is 14.9. The number of hydrogen-bond acceptors (Lipinski definition) is 2. The van der Waals surface area contributed by atoms with Gasteiger partial charge in [-0.25, -0.2) is 0 Å². The Labute approximate surface area is 147 Å². The molecule has 0 saturated heterocycles.